The Morgan fingerprint density at radius 2 is 0.979 bits per heavy atom. The molecule has 0 amide bonds. The Kier molecular flexibility index (Phi) is 6.22. The topological polar surface area (TPSA) is 57.4 Å². The van der Waals surface area contributed by atoms with Gasteiger partial charge in [-0.1, -0.05) is 103 Å². The first-order valence-corrected chi connectivity index (χ1v) is 15.9. The van der Waals surface area contributed by atoms with Crippen molar-refractivity contribution in [1.82, 2.24) is 9.13 Å². The molecule has 9 rings (SSSR count). The molecule has 0 radical (unpaired) electrons. The molecule has 0 N–H and O–H groups in total. The van der Waals surface area contributed by atoms with Gasteiger partial charge in [-0.3, -0.25) is 0 Å². The fraction of sp³-hybridized carbons (Fsp3) is 0. The van der Waals surface area contributed by atoms with Gasteiger partial charge in [-0.25, -0.2) is 0 Å². The maximum Gasteiger partial charge on any atom is 0.0998 e. The van der Waals surface area contributed by atoms with Gasteiger partial charge >= 0.3 is 0 Å². The smallest absolute Gasteiger partial charge is 0.0998 e. The molecule has 0 fully saturated rings. The molecule has 4 heteroatoms. The Morgan fingerprint density at radius 1 is 0.396 bits per heavy atom. The minimum Gasteiger partial charge on any atom is -0.309 e. The molecule has 0 saturated heterocycles. The highest BCUT2D eigenvalue weighted by atomic mass is 15.0. The highest BCUT2D eigenvalue weighted by Crippen LogP contribution is 2.39. The molecule has 4 nitrogen and oxygen atoms in total. The Morgan fingerprint density at radius 3 is 1.62 bits per heavy atom. The van der Waals surface area contributed by atoms with Gasteiger partial charge in [0.15, 0.2) is 0 Å². The second-order valence-corrected chi connectivity index (χ2v) is 12.0. The van der Waals surface area contributed by atoms with Gasteiger partial charge in [0.05, 0.1) is 51.0 Å². The van der Waals surface area contributed by atoms with Crippen LogP contribution in [0.4, 0.5) is 0 Å². The molecule has 0 aliphatic rings. The van der Waals surface area contributed by atoms with Gasteiger partial charge < -0.3 is 9.13 Å². The van der Waals surface area contributed by atoms with E-state index in [0.29, 0.717) is 11.1 Å². The first-order chi connectivity index (χ1) is 23.7. The molecule has 0 aliphatic heterocycles. The quantitative estimate of drug-likeness (QED) is 0.199. The van der Waals surface area contributed by atoms with Crippen molar-refractivity contribution in [3.8, 4) is 45.8 Å². The number of para-hydroxylation sites is 3. The lowest BCUT2D eigenvalue weighted by atomic mass is 9.95. The molecular formula is C44H26N4. The van der Waals surface area contributed by atoms with Gasteiger partial charge in [0.25, 0.3) is 0 Å². The summed E-state index contributed by atoms with van der Waals surface area (Å²) in [7, 11) is 0. The van der Waals surface area contributed by atoms with E-state index in [1.54, 1.807) is 0 Å². The first kappa shape index (κ1) is 27.4. The summed E-state index contributed by atoms with van der Waals surface area (Å²) in [4.78, 5) is 0. The summed E-state index contributed by atoms with van der Waals surface area (Å²) in [6.07, 6.45) is 0. The number of rotatable bonds is 4. The monoisotopic (exact) mass is 610 g/mol. The lowest BCUT2D eigenvalue weighted by molar-refractivity contribution is 1.18. The van der Waals surface area contributed by atoms with Crippen molar-refractivity contribution in [2.45, 2.75) is 0 Å². The van der Waals surface area contributed by atoms with Crippen molar-refractivity contribution in [3.63, 3.8) is 0 Å². The third-order valence-corrected chi connectivity index (χ3v) is 9.40. The SMILES string of the molecule is N#Cc1ccc2c3ccccc3n(-c3cccc(-c4ccc(-c5c(C#N)cccc5-n5c6ccccc6c6ccccc65)cc4)c3)c2c1. The maximum absolute atomic E-state index is 10.3. The second-order valence-electron chi connectivity index (χ2n) is 12.0. The zero-order valence-electron chi connectivity index (χ0n) is 25.8. The van der Waals surface area contributed by atoms with Crippen LogP contribution in [0.1, 0.15) is 11.1 Å². The van der Waals surface area contributed by atoms with Gasteiger partial charge in [0.1, 0.15) is 0 Å². The number of hydrogen-bond donors (Lipinski definition) is 0. The predicted molar refractivity (Wildman–Crippen MR) is 195 cm³/mol. The molecule has 0 unspecified atom stereocenters. The zero-order chi connectivity index (χ0) is 32.2. The molecule has 0 aliphatic carbocycles. The number of nitrogens with zero attached hydrogens (tertiary/aromatic N) is 4. The number of aromatic nitrogens is 2. The number of benzene rings is 7. The standard InChI is InChI=1S/C44H26N4/c45-27-29-19-24-38-37-14-1-4-15-39(37)47(43(38)25-29)34-11-7-9-32(26-34)30-20-22-31(23-21-30)44-33(28-46)10-8-18-42(44)48-40-16-5-2-12-35(40)36-13-3-6-17-41(36)48/h1-26H. The van der Waals surface area contributed by atoms with E-state index < -0.39 is 0 Å². The van der Waals surface area contributed by atoms with Crippen LogP contribution in [0.3, 0.4) is 0 Å². The predicted octanol–water partition coefficient (Wildman–Crippen LogP) is 11.0. The van der Waals surface area contributed by atoms with Gasteiger partial charge in [-0.2, -0.15) is 10.5 Å². The largest absolute Gasteiger partial charge is 0.309 e. The Labute approximate surface area is 277 Å². The van der Waals surface area contributed by atoms with Gasteiger partial charge in [0, 0.05) is 32.8 Å². The lowest BCUT2D eigenvalue weighted by Gasteiger charge is -2.16. The summed E-state index contributed by atoms with van der Waals surface area (Å²) in [5.74, 6) is 0. The number of fused-ring (bicyclic) bond motifs is 6. The molecule has 0 bridgehead atoms. The Hall–Kier alpha value is -6.88. The molecule has 2 heterocycles. The van der Waals surface area contributed by atoms with Crippen LogP contribution in [0.5, 0.6) is 0 Å². The van der Waals surface area contributed by atoms with Crippen LogP contribution in [-0.4, -0.2) is 9.13 Å². The van der Waals surface area contributed by atoms with E-state index >= 15 is 0 Å². The maximum atomic E-state index is 10.3. The van der Waals surface area contributed by atoms with Gasteiger partial charge in [0.2, 0.25) is 0 Å². The summed E-state index contributed by atoms with van der Waals surface area (Å²) in [5.41, 5.74) is 11.6. The molecule has 0 atom stereocenters. The van der Waals surface area contributed by atoms with Crippen molar-refractivity contribution in [2.24, 2.45) is 0 Å². The zero-order valence-corrected chi connectivity index (χ0v) is 25.8. The van der Waals surface area contributed by atoms with Crippen LogP contribution in [-0.2, 0) is 0 Å². The van der Waals surface area contributed by atoms with Crippen LogP contribution in [0, 0.1) is 22.7 Å². The highest BCUT2D eigenvalue weighted by molar-refractivity contribution is 6.10. The Balaban J connectivity index is 1.18. The van der Waals surface area contributed by atoms with Crippen molar-refractivity contribution in [2.75, 3.05) is 0 Å². The summed E-state index contributed by atoms with van der Waals surface area (Å²) >= 11 is 0. The fourth-order valence-corrected chi connectivity index (χ4v) is 7.28. The lowest BCUT2D eigenvalue weighted by Crippen LogP contribution is -1.99. The van der Waals surface area contributed by atoms with Crippen molar-refractivity contribution in [3.05, 3.63) is 169 Å². The summed E-state index contributed by atoms with van der Waals surface area (Å²) in [6, 6.07) is 58.9. The van der Waals surface area contributed by atoms with Gasteiger partial charge in [-0.05, 0) is 71.3 Å². The minimum absolute atomic E-state index is 0.632. The molecular weight excluding hydrogens is 585 g/mol. The first-order valence-electron chi connectivity index (χ1n) is 15.9. The third kappa shape index (κ3) is 4.14. The second kappa shape index (κ2) is 10.9. The summed E-state index contributed by atoms with van der Waals surface area (Å²) in [5, 5.41) is 24.6. The van der Waals surface area contributed by atoms with E-state index in [9.17, 15) is 10.5 Å². The summed E-state index contributed by atoms with van der Waals surface area (Å²) < 4.78 is 4.52. The average molecular weight is 611 g/mol. The van der Waals surface area contributed by atoms with E-state index in [-0.39, 0.29) is 0 Å². The normalized spacial score (nSPS) is 11.3. The highest BCUT2D eigenvalue weighted by Gasteiger charge is 2.18. The third-order valence-electron chi connectivity index (χ3n) is 9.40. The minimum atomic E-state index is 0.632. The van der Waals surface area contributed by atoms with E-state index in [2.05, 4.69) is 149 Å². The number of nitriles is 2. The van der Waals surface area contributed by atoms with Gasteiger partial charge in [-0.15, -0.1) is 0 Å². The molecule has 48 heavy (non-hydrogen) atoms. The van der Waals surface area contributed by atoms with Crippen molar-refractivity contribution >= 4 is 43.6 Å². The molecule has 222 valence electrons. The summed E-state index contributed by atoms with van der Waals surface area (Å²) in [6.45, 7) is 0. The average Bonchev–Trinajstić information content (AvgIpc) is 3.67. The van der Waals surface area contributed by atoms with E-state index in [1.165, 1.54) is 10.8 Å². The van der Waals surface area contributed by atoms with Crippen molar-refractivity contribution < 1.29 is 0 Å². The fourth-order valence-electron chi connectivity index (χ4n) is 7.28. The van der Waals surface area contributed by atoms with E-state index in [0.717, 1.165) is 66.5 Å². The van der Waals surface area contributed by atoms with Crippen LogP contribution in [0.25, 0.3) is 77.2 Å². The Bertz CT molecular complexity index is 2750. The van der Waals surface area contributed by atoms with E-state index in [4.69, 9.17) is 0 Å². The molecule has 2 aromatic heterocycles. The molecule has 0 saturated carbocycles. The van der Waals surface area contributed by atoms with E-state index in [1.807, 2.05) is 30.3 Å². The molecule has 0 spiro atoms. The number of hydrogen-bond acceptors (Lipinski definition) is 2. The molecule has 7 aromatic carbocycles. The van der Waals surface area contributed by atoms with Crippen LogP contribution in [0.2, 0.25) is 0 Å². The van der Waals surface area contributed by atoms with Crippen LogP contribution < -0.4 is 0 Å². The van der Waals surface area contributed by atoms with Crippen LogP contribution >= 0.6 is 0 Å². The van der Waals surface area contributed by atoms with Crippen LogP contribution in [0.15, 0.2) is 158 Å². The van der Waals surface area contributed by atoms with Crippen molar-refractivity contribution in [1.29, 1.82) is 10.5 Å². The molecule has 9 aromatic rings.